The van der Waals surface area contributed by atoms with Gasteiger partial charge in [-0.1, -0.05) is 6.07 Å². The molecule has 3 heterocycles. The van der Waals surface area contributed by atoms with Gasteiger partial charge >= 0.3 is 6.18 Å². The molecular formula is C24H31F3N4O. The molecule has 1 aromatic heterocycles. The summed E-state index contributed by atoms with van der Waals surface area (Å²) in [5, 5.41) is 3.77. The van der Waals surface area contributed by atoms with Crippen molar-refractivity contribution in [1.29, 1.82) is 0 Å². The molecule has 1 N–H and O–H groups in total. The molecule has 2 saturated heterocycles. The fourth-order valence-electron chi connectivity index (χ4n) is 5.03. The Kier molecular flexibility index (Phi) is 6.60. The van der Waals surface area contributed by atoms with Gasteiger partial charge in [0.05, 0.1) is 11.4 Å². The van der Waals surface area contributed by atoms with Crippen molar-refractivity contribution in [2.75, 3.05) is 38.1 Å². The van der Waals surface area contributed by atoms with Crippen LogP contribution in [-0.2, 0) is 4.79 Å². The zero-order valence-corrected chi connectivity index (χ0v) is 18.7. The first-order valence-corrected chi connectivity index (χ1v) is 11.3. The van der Waals surface area contributed by atoms with Crippen molar-refractivity contribution in [3.8, 4) is 0 Å². The Labute approximate surface area is 187 Å². The number of benzene rings is 1. The van der Waals surface area contributed by atoms with Crippen LogP contribution in [0.4, 0.5) is 18.9 Å². The Morgan fingerprint density at radius 2 is 1.94 bits per heavy atom. The summed E-state index contributed by atoms with van der Waals surface area (Å²) in [6.45, 7) is 4.11. The number of alkyl halides is 3. The minimum absolute atomic E-state index is 0.0822. The molecule has 5 nitrogen and oxygen atoms in total. The summed E-state index contributed by atoms with van der Waals surface area (Å²) >= 11 is 0. The number of pyridine rings is 1. The highest BCUT2D eigenvalue weighted by Gasteiger charge is 2.45. The third-order valence-electron chi connectivity index (χ3n) is 6.88. The topological polar surface area (TPSA) is 48.5 Å². The lowest BCUT2D eigenvalue weighted by molar-refractivity contribution is -0.178. The lowest BCUT2D eigenvalue weighted by Crippen LogP contribution is -2.54. The second-order valence-electron chi connectivity index (χ2n) is 9.40. The van der Waals surface area contributed by atoms with Crippen LogP contribution in [0.15, 0.2) is 30.5 Å². The summed E-state index contributed by atoms with van der Waals surface area (Å²) in [6, 6.07) is 6.93. The quantitative estimate of drug-likeness (QED) is 0.764. The van der Waals surface area contributed by atoms with Crippen LogP contribution in [0.2, 0.25) is 0 Å². The summed E-state index contributed by atoms with van der Waals surface area (Å²) in [5.74, 6) is -1.32. The van der Waals surface area contributed by atoms with Crippen LogP contribution in [-0.4, -0.2) is 61.2 Å². The van der Waals surface area contributed by atoms with E-state index in [1.54, 1.807) is 17.2 Å². The number of carbonyl (C=O) groups is 1. The molecule has 4 rings (SSSR count). The van der Waals surface area contributed by atoms with Gasteiger partial charge in [0, 0.05) is 42.8 Å². The van der Waals surface area contributed by atoms with E-state index < -0.39 is 18.1 Å². The van der Waals surface area contributed by atoms with Gasteiger partial charge in [-0.15, -0.1) is 0 Å². The van der Waals surface area contributed by atoms with Crippen LogP contribution >= 0.6 is 0 Å². The zero-order valence-electron chi connectivity index (χ0n) is 18.7. The minimum Gasteiger partial charge on any atom is -0.368 e. The van der Waals surface area contributed by atoms with E-state index >= 15 is 0 Å². The molecule has 8 heteroatoms. The summed E-state index contributed by atoms with van der Waals surface area (Å²) < 4.78 is 41.3. The number of carbonyl (C=O) groups excluding carboxylic acids is 1. The number of aryl methyl sites for hydroxylation is 1. The van der Waals surface area contributed by atoms with Crippen molar-refractivity contribution >= 4 is 22.5 Å². The maximum Gasteiger partial charge on any atom is 0.393 e. The molecule has 1 amide bonds. The summed E-state index contributed by atoms with van der Waals surface area (Å²) in [5.41, 5.74) is 2.51. The van der Waals surface area contributed by atoms with E-state index in [4.69, 9.17) is 0 Å². The van der Waals surface area contributed by atoms with Gasteiger partial charge in [-0.3, -0.25) is 9.78 Å². The first-order chi connectivity index (χ1) is 15.2. The first kappa shape index (κ1) is 22.8. The van der Waals surface area contributed by atoms with Gasteiger partial charge in [0.15, 0.2) is 0 Å². The van der Waals surface area contributed by atoms with E-state index in [1.807, 2.05) is 25.1 Å². The molecule has 1 aromatic carbocycles. The third kappa shape index (κ3) is 5.17. The predicted molar refractivity (Wildman–Crippen MR) is 120 cm³/mol. The fourth-order valence-corrected chi connectivity index (χ4v) is 5.03. The number of piperidine rings is 2. The lowest BCUT2D eigenvalue weighted by Gasteiger charge is -2.40. The predicted octanol–water partition coefficient (Wildman–Crippen LogP) is 4.15. The smallest absolute Gasteiger partial charge is 0.368 e. The van der Waals surface area contributed by atoms with Gasteiger partial charge in [-0.25, -0.2) is 0 Å². The van der Waals surface area contributed by atoms with Crippen LogP contribution in [0.1, 0.15) is 31.2 Å². The van der Waals surface area contributed by atoms with E-state index in [9.17, 15) is 18.0 Å². The molecule has 174 valence electrons. The Balaban J connectivity index is 1.52. The van der Waals surface area contributed by atoms with E-state index in [2.05, 4.69) is 22.2 Å². The normalized spacial score (nSPS) is 23.5. The number of rotatable bonds is 4. The first-order valence-electron chi connectivity index (χ1n) is 11.3. The molecule has 0 bridgehead atoms. The van der Waals surface area contributed by atoms with Crippen LogP contribution in [0.3, 0.4) is 0 Å². The maximum absolute atomic E-state index is 13.8. The number of nitrogens with one attached hydrogen (secondary N) is 1. The molecule has 32 heavy (non-hydrogen) atoms. The van der Waals surface area contributed by atoms with Crippen molar-refractivity contribution in [3.63, 3.8) is 0 Å². The second kappa shape index (κ2) is 9.25. The average Bonchev–Trinajstić information content (AvgIpc) is 2.75. The van der Waals surface area contributed by atoms with Gasteiger partial charge in [-0.2, -0.15) is 13.2 Å². The fraction of sp³-hybridized carbons (Fsp3) is 0.583. The molecule has 2 unspecified atom stereocenters. The van der Waals surface area contributed by atoms with E-state index in [0.717, 1.165) is 48.1 Å². The number of anilines is 1. The van der Waals surface area contributed by atoms with Crippen molar-refractivity contribution in [1.82, 2.24) is 15.2 Å². The summed E-state index contributed by atoms with van der Waals surface area (Å²) in [7, 11) is 2.06. The van der Waals surface area contributed by atoms with Crippen LogP contribution < -0.4 is 10.2 Å². The van der Waals surface area contributed by atoms with E-state index in [1.165, 1.54) is 0 Å². The number of aromatic nitrogens is 1. The number of nitrogens with zero attached hydrogens (tertiary/aromatic N) is 3. The molecule has 0 radical (unpaired) electrons. The molecule has 0 saturated carbocycles. The highest BCUT2D eigenvalue weighted by Crippen LogP contribution is 2.37. The van der Waals surface area contributed by atoms with Crippen molar-refractivity contribution in [3.05, 3.63) is 36.0 Å². The number of amides is 1. The summed E-state index contributed by atoms with van der Waals surface area (Å²) in [6.07, 6.45) is -0.406. The average molecular weight is 449 g/mol. The Morgan fingerprint density at radius 1 is 1.19 bits per heavy atom. The molecule has 2 aliphatic rings. The zero-order chi connectivity index (χ0) is 22.9. The Bertz CT molecular complexity index is 956. The standard InChI is InChI=1S/C24H31F3N4O/c1-16-5-6-21(20-4-3-9-28-23(16)20)31-14-18(24(25,26)27)13-19(15-31)29-22(32)12-17-7-10-30(2)11-8-17/h3-6,9,17-19H,7-8,10-15H2,1-2H3,(H,29,32). The number of fused-ring (bicyclic) bond motifs is 1. The SMILES string of the molecule is Cc1ccc(N2CC(NC(=O)CC3CCN(C)CC3)CC(C(F)(F)F)C2)c2cccnc12. The van der Waals surface area contributed by atoms with Gasteiger partial charge in [-0.05, 0) is 76.0 Å². The van der Waals surface area contributed by atoms with Crippen LogP contribution in [0.5, 0.6) is 0 Å². The Hall–Kier alpha value is -2.35. The van der Waals surface area contributed by atoms with E-state index in [0.29, 0.717) is 18.9 Å². The molecule has 0 aliphatic carbocycles. The molecular weight excluding hydrogens is 417 g/mol. The highest BCUT2D eigenvalue weighted by molar-refractivity contribution is 5.93. The largest absolute Gasteiger partial charge is 0.393 e. The number of likely N-dealkylation sites (tertiary alicyclic amines) is 1. The molecule has 2 atom stereocenters. The molecule has 0 spiro atoms. The number of halogens is 3. The lowest BCUT2D eigenvalue weighted by atomic mass is 9.91. The number of hydrogen-bond donors (Lipinski definition) is 1. The minimum atomic E-state index is -4.31. The van der Waals surface area contributed by atoms with Gasteiger partial charge < -0.3 is 15.1 Å². The van der Waals surface area contributed by atoms with Gasteiger partial charge in [0.2, 0.25) is 5.91 Å². The highest BCUT2D eigenvalue weighted by atomic mass is 19.4. The molecule has 2 aromatic rings. The Morgan fingerprint density at radius 3 is 2.66 bits per heavy atom. The van der Waals surface area contributed by atoms with Crippen LogP contribution in [0.25, 0.3) is 10.9 Å². The molecule has 2 aliphatic heterocycles. The van der Waals surface area contributed by atoms with Crippen molar-refractivity contribution in [2.45, 2.75) is 44.8 Å². The van der Waals surface area contributed by atoms with Gasteiger partial charge in [0.25, 0.3) is 0 Å². The van der Waals surface area contributed by atoms with Crippen molar-refractivity contribution < 1.29 is 18.0 Å². The maximum atomic E-state index is 13.8. The summed E-state index contributed by atoms with van der Waals surface area (Å²) in [4.78, 5) is 21.1. The number of hydrogen-bond acceptors (Lipinski definition) is 4. The van der Waals surface area contributed by atoms with Crippen LogP contribution in [0, 0.1) is 18.8 Å². The third-order valence-corrected chi connectivity index (χ3v) is 6.88. The van der Waals surface area contributed by atoms with Gasteiger partial charge in [0.1, 0.15) is 0 Å². The second-order valence-corrected chi connectivity index (χ2v) is 9.40. The van der Waals surface area contributed by atoms with E-state index in [-0.39, 0.29) is 18.9 Å². The monoisotopic (exact) mass is 448 g/mol. The molecule has 2 fully saturated rings. The van der Waals surface area contributed by atoms with Crippen molar-refractivity contribution in [2.24, 2.45) is 11.8 Å².